The Morgan fingerprint density at radius 2 is 2.50 bits per heavy atom. The van der Waals surface area contributed by atoms with Crippen LogP contribution in [0.25, 0.3) is 0 Å². The van der Waals surface area contributed by atoms with Crippen molar-refractivity contribution in [2.24, 2.45) is 0 Å². The molecule has 0 bridgehead atoms. The van der Waals surface area contributed by atoms with E-state index in [-0.39, 0.29) is 5.97 Å². The van der Waals surface area contributed by atoms with Gasteiger partial charge in [-0.25, -0.2) is 4.98 Å². The zero-order chi connectivity index (χ0) is 14.4. The van der Waals surface area contributed by atoms with Gasteiger partial charge in [0.05, 0.1) is 6.61 Å². The van der Waals surface area contributed by atoms with Gasteiger partial charge >= 0.3 is 5.97 Å². The van der Waals surface area contributed by atoms with Gasteiger partial charge in [-0.05, 0) is 39.2 Å². The molecule has 4 nitrogen and oxygen atoms in total. The lowest BCUT2D eigenvalue weighted by molar-refractivity contribution is -0.151. The Morgan fingerprint density at radius 3 is 3.15 bits per heavy atom. The van der Waals surface area contributed by atoms with Crippen molar-refractivity contribution in [1.29, 1.82) is 0 Å². The Labute approximate surface area is 128 Å². The van der Waals surface area contributed by atoms with E-state index in [1.165, 1.54) is 0 Å². The molecule has 0 aliphatic heterocycles. The highest BCUT2D eigenvalue weighted by Gasteiger charge is 2.46. The Bertz CT molecular complexity index is 425. The van der Waals surface area contributed by atoms with Gasteiger partial charge in [0.25, 0.3) is 0 Å². The van der Waals surface area contributed by atoms with Crippen LogP contribution in [-0.2, 0) is 9.53 Å². The number of aromatic nitrogens is 1. The van der Waals surface area contributed by atoms with Gasteiger partial charge in [0.2, 0.25) is 0 Å². The predicted octanol–water partition coefficient (Wildman–Crippen LogP) is 3.09. The third kappa shape index (κ3) is 3.74. The second-order valence-corrected chi connectivity index (χ2v) is 7.45. The highest BCUT2D eigenvalue weighted by molar-refractivity contribution is 8.01. The molecule has 1 saturated carbocycles. The van der Waals surface area contributed by atoms with E-state index in [1.807, 2.05) is 18.5 Å². The van der Waals surface area contributed by atoms with Crippen molar-refractivity contribution in [1.82, 2.24) is 10.3 Å². The fourth-order valence-electron chi connectivity index (χ4n) is 2.56. The first-order valence-corrected chi connectivity index (χ1v) is 8.94. The molecule has 2 unspecified atom stereocenters. The number of nitrogens with zero attached hydrogens (tertiary/aromatic N) is 1. The topological polar surface area (TPSA) is 51.2 Å². The van der Waals surface area contributed by atoms with Gasteiger partial charge in [-0.15, -0.1) is 11.3 Å². The van der Waals surface area contributed by atoms with Crippen LogP contribution in [0.1, 0.15) is 39.5 Å². The number of carbonyl (C=O) groups excluding carboxylic acids is 1. The van der Waals surface area contributed by atoms with Crippen molar-refractivity contribution in [2.45, 2.75) is 54.7 Å². The van der Waals surface area contributed by atoms with Gasteiger partial charge < -0.3 is 10.1 Å². The normalized spacial score (nSPS) is 25.8. The van der Waals surface area contributed by atoms with Gasteiger partial charge in [-0.3, -0.25) is 4.79 Å². The standard InChI is InChI=1S/C14H22N2O2S2/c1-3-7-16-14(12(17)18-4-2)6-5-11(10-14)20-13-15-8-9-19-13/h8-9,11,16H,3-7,10H2,1-2H3. The molecule has 1 aromatic rings. The maximum absolute atomic E-state index is 12.3. The second kappa shape index (κ2) is 7.43. The van der Waals surface area contributed by atoms with Crippen molar-refractivity contribution in [3.63, 3.8) is 0 Å². The highest BCUT2D eigenvalue weighted by Crippen LogP contribution is 2.41. The van der Waals surface area contributed by atoms with Crippen LogP contribution < -0.4 is 5.32 Å². The number of thioether (sulfide) groups is 1. The van der Waals surface area contributed by atoms with E-state index >= 15 is 0 Å². The molecule has 0 spiro atoms. The summed E-state index contributed by atoms with van der Waals surface area (Å²) in [4.78, 5) is 16.6. The molecule has 1 heterocycles. The van der Waals surface area contributed by atoms with Crippen LogP contribution in [0.2, 0.25) is 0 Å². The lowest BCUT2D eigenvalue weighted by atomic mass is 9.97. The fourth-order valence-corrected chi connectivity index (χ4v) is 4.73. The molecule has 1 fully saturated rings. The van der Waals surface area contributed by atoms with Crippen molar-refractivity contribution in [3.05, 3.63) is 11.6 Å². The van der Waals surface area contributed by atoms with Gasteiger partial charge in [-0.2, -0.15) is 0 Å². The molecule has 1 aromatic heterocycles. The number of esters is 1. The minimum atomic E-state index is -0.485. The summed E-state index contributed by atoms with van der Waals surface area (Å²) in [6, 6.07) is 0. The first kappa shape index (κ1) is 15.8. The third-order valence-electron chi connectivity index (χ3n) is 3.53. The first-order chi connectivity index (χ1) is 9.70. The molecule has 0 aromatic carbocycles. The molecular weight excluding hydrogens is 292 g/mol. The van der Waals surface area contributed by atoms with E-state index in [4.69, 9.17) is 4.74 Å². The second-order valence-electron chi connectivity index (χ2n) is 5.01. The SMILES string of the molecule is CCCNC1(C(=O)OCC)CCC(Sc2nccs2)C1. The lowest BCUT2D eigenvalue weighted by Gasteiger charge is -2.28. The highest BCUT2D eigenvalue weighted by atomic mass is 32.2. The van der Waals surface area contributed by atoms with Crippen molar-refractivity contribution in [3.8, 4) is 0 Å². The first-order valence-electron chi connectivity index (χ1n) is 7.18. The molecule has 2 rings (SSSR count). The van der Waals surface area contributed by atoms with E-state index in [0.717, 1.165) is 36.6 Å². The zero-order valence-electron chi connectivity index (χ0n) is 12.1. The van der Waals surface area contributed by atoms with Crippen LogP contribution >= 0.6 is 23.1 Å². The van der Waals surface area contributed by atoms with Crippen LogP contribution in [0.5, 0.6) is 0 Å². The van der Waals surface area contributed by atoms with E-state index in [2.05, 4.69) is 17.2 Å². The van der Waals surface area contributed by atoms with E-state index in [1.54, 1.807) is 23.1 Å². The molecule has 1 aliphatic carbocycles. The number of ether oxygens (including phenoxy) is 1. The molecule has 20 heavy (non-hydrogen) atoms. The minimum absolute atomic E-state index is 0.0873. The molecule has 6 heteroatoms. The summed E-state index contributed by atoms with van der Waals surface area (Å²) in [5.41, 5.74) is -0.485. The summed E-state index contributed by atoms with van der Waals surface area (Å²) in [7, 11) is 0. The van der Waals surface area contributed by atoms with E-state index < -0.39 is 5.54 Å². The molecule has 1 aliphatic rings. The Kier molecular flexibility index (Phi) is 5.86. The Balaban J connectivity index is 2.00. The summed E-state index contributed by atoms with van der Waals surface area (Å²) in [5.74, 6) is -0.0873. The van der Waals surface area contributed by atoms with Crippen LogP contribution in [0.3, 0.4) is 0 Å². The van der Waals surface area contributed by atoms with Crippen LogP contribution in [0.15, 0.2) is 15.9 Å². The number of rotatable bonds is 7. The summed E-state index contributed by atoms with van der Waals surface area (Å²) < 4.78 is 6.37. The maximum atomic E-state index is 12.3. The molecule has 0 amide bonds. The molecule has 0 radical (unpaired) electrons. The summed E-state index contributed by atoms with van der Waals surface area (Å²) >= 11 is 3.45. The van der Waals surface area contributed by atoms with Crippen LogP contribution in [-0.4, -0.2) is 34.9 Å². The number of hydrogen-bond donors (Lipinski definition) is 1. The predicted molar refractivity (Wildman–Crippen MR) is 83.3 cm³/mol. The van der Waals surface area contributed by atoms with E-state index in [0.29, 0.717) is 11.9 Å². The number of hydrogen-bond acceptors (Lipinski definition) is 6. The summed E-state index contributed by atoms with van der Waals surface area (Å²) in [6.45, 7) is 5.27. The molecule has 0 saturated heterocycles. The molecule has 112 valence electrons. The number of thiazole rings is 1. The minimum Gasteiger partial charge on any atom is -0.465 e. The largest absolute Gasteiger partial charge is 0.465 e. The van der Waals surface area contributed by atoms with Gasteiger partial charge in [0.15, 0.2) is 0 Å². The summed E-state index contributed by atoms with van der Waals surface area (Å²) in [6.07, 6.45) is 5.56. The van der Waals surface area contributed by atoms with Crippen LogP contribution in [0, 0.1) is 0 Å². The fraction of sp³-hybridized carbons (Fsp3) is 0.714. The Hall–Kier alpha value is -0.590. The summed E-state index contributed by atoms with van der Waals surface area (Å²) in [5, 5.41) is 5.87. The average Bonchev–Trinajstić information content (AvgIpc) is 3.08. The number of nitrogens with one attached hydrogen (secondary N) is 1. The lowest BCUT2D eigenvalue weighted by Crippen LogP contribution is -2.51. The molecule has 2 atom stereocenters. The smallest absolute Gasteiger partial charge is 0.326 e. The van der Waals surface area contributed by atoms with Crippen LogP contribution in [0.4, 0.5) is 0 Å². The van der Waals surface area contributed by atoms with Gasteiger partial charge in [0, 0.05) is 16.8 Å². The van der Waals surface area contributed by atoms with Crippen molar-refractivity contribution >= 4 is 29.1 Å². The van der Waals surface area contributed by atoms with Crippen molar-refractivity contribution in [2.75, 3.05) is 13.2 Å². The van der Waals surface area contributed by atoms with Gasteiger partial charge in [-0.1, -0.05) is 18.7 Å². The molecular formula is C14H22N2O2S2. The quantitative estimate of drug-likeness (QED) is 0.784. The van der Waals surface area contributed by atoms with Gasteiger partial charge in [0.1, 0.15) is 9.88 Å². The van der Waals surface area contributed by atoms with E-state index in [9.17, 15) is 4.79 Å². The average molecular weight is 314 g/mol. The monoisotopic (exact) mass is 314 g/mol. The van der Waals surface area contributed by atoms with Crippen molar-refractivity contribution < 1.29 is 9.53 Å². The number of carbonyl (C=O) groups is 1. The zero-order valence-corrected chi connectivity index (χ0v) is 13.7. The third-order valence-corrected chi connectivity index (χ3v) is 5.71. The Morgan fingerprint density at radius 1 is 1.65 bits per heavy atom. The molecule has 1 N–H and O–H groups in total. The maximum Gasteiger partial charge on any atom is 0.326 e.